The van der Waals surface area contributed by atoms with Crippen LogP contribution in [0.5, 0.6) is 5.75 Å². The number of amides is 1. The summed E-state index contributed by atoms with van der Waals surface area (Å²) in [7, 11) is 1.51. The predicted octanol–water partition coefficient (Wildman–Crippen LogP) is 4.66. The monoisotopic (exact) mass is 407 g/mol. The van der Waals surface area contributed by atoms with E-state index in [4.69, 9.17) is 20.8 Å². The Morgan fingerprint density at radius 1 is 1.26 bits per heavy atom. The summed E-state index contributed by atoms with van der Waals surface area (Å²) >= 11 is 7.08. The highest BCUT2D eigenvalue weighted by Crippen LogP contribution is 2.30. The lowest BCUT2D eigenvalue weighted by Crippen LogP contribution is -2.22. The van der Waals surface area contributed by atoms with Gasteiger partial charge in [-0.3, -0.25) is 4.79 Å². The molecular formula is C18H15ClFN3O3S. The van der Waals surface area contributed by atoms with Gasteiger partial charge in [-0.1, -0.05) is 23.4 Å². The van der Waals surface area contributed by atoms with Crippen LogP contribution in [0.3, 0.4) is 0 Å². The number of rotatable bonds is 6. The number of halogens is 2. The topological polar surface area (TPSA) is 77.2 Å². The fourth-order valence-electron chi connectivity index (χ4n) is 2.18. The molecule has 0 saturated carbocycles. The standard InChI is InChI=1S/C18H15ClFN3O3S/c1-10(16(24)21-14-9-12(19)5-8-15(14)25-2)27-18-23-22-17(26-18)11-3-6-13(20)7-4-11/h3-10H,1-2H3,(H,21,24)/t10-/m0/s1. The first-order valence-electron chi connectivity index (χ1n) is 7.87. The number of anilines is 1. The number of ether oxygens (including phenoxy) is 1. The summed E-state index contributed by atoms with van der Waals surface area (Å²) in [5.74, 6) is 0.125. The third-order valence-electron chi connectivity index (χ3n) is 3.56. The largest absolute Gasteiger partial charge is 0.495 e. The summed E-state index contributed by atoms with van der Waals surface area (Å²) < 4.78 is 23.7. The Bertz CT molecular complexity index is 949. The van der Waals surface area contributed by atoms with Crippen LogP contribution in [0.1, 0.15) is 6.92 Å². The van der Waals surface area contributed by atoms with Crippen LogP contribution in [-0.2, 0) is 4.79 Å². The molecule has 1 amide bonds. The molecule has 9 heteroatoms. The molecule has 0 bridgehead atoms. The summed E-state index contributed by atoms with van der Waals surface area (Å²) in [4.78, 5) is 12.4. The third kappa shape index (κ3) is 4.78. The van der Waals surface area contributed by atoms with Gasteiger partial charge in [-0.05, 0) is 49.4 Å². The number of benzene rings is 2. The Labute approximate surface area is 164 Å². The van der Waals surface area contributed by atoms with Gasteiger partial charge in [0.05, 0.1) is 18.0 Å². The second-order valence-corrected chi connectivity index (χ2v) is 7.20. The molecule has 0 aliphatic carbocycles. The van der Waals surface area contributed by atoms with E-state index < -0.39 is 5.25 Å². The maximum atomic E-state index is 13.0. The Morgan fingerprint density at radius 2 is 2.00 bits per heavy atom. The van der Waals surface area contributed by atoms with Crippen LogP contribution in [0.4, 0.5) is 10.1 Å². The number of nitrogens with zero attached hydrogens (tertiary/aromatic N) is 2. The highest BCUT2D eigenvalue weighted by Gasteiger charge is 2.20. The first-order valence-corrected chi connectivity index (χ1v) is 9.12. The van der Waals surface area contributed by atoms with E-state index in [9.17, 15) is 9.18 Å². The van der Waals surface area contributed by atoms with Gasteiger partial charge in [0.1, 0.15) is 11.6 Å². The van der Waals surface area contributed by atoms with Crippen molar-refractivity contribution >= 4 is 35.0 Å². The molecule has 2 aromatic carbocycles. The molecule has 1 N–H and O–H groups in total. The number of hydrogen-bond donors (Lipinski definition) is 1. The van der Waals surface area contributed by atoms with Crippen molar-refractivity contribution in [3.63, 3.8) is 0 Å². The van der Waals surface area contributed by atoms with E-state index in [1.54, 1.807) is 37.3 Å². The third-order valence-corrected chi connectivity index (χ3v) is 4.73. The molecule has 27 heavy (non-hydrogen) atoms. The Balaban J connectivity index is 1.67. The lowest BCUT2D eigenvalue weighted by atomic mass is 10.2. The quantitative estimate of drug-likeness (QED) is 0.599. The SMILES string of the molecule is COc1ccc(Cl)cc1NC(=O)[C@H](C)Sc1nnc(-c2ccc(F)cc2)o1. The van der Waals surface area contributed by atoms with Gasteiger partial charge in [-0.2, -0.15) is 0 Å². The lowest BCUT2D eigenvalue weighted by molar-refractivity contribution is -0.115. The van der Waals surface area contributed by atoms with Crippen molar-refractivity contribution in [3.05, 3.63) is 53.3 Å². The summed E-state index contributed by atoms with van der Waals surface area (Å²) in [6.45, 7) is 1.71. The van der Waals surface area contributed by atoms with E-state index in [0.29, 0.717) is 22.0 Å². The van der Waals surface area contributed by atoms with Gasteiger partial charge in [0.15, 0.2) is 0 Å². The van der Waals surface area contributed by atoms with Crippen LogP contribution in [-0.4, -0.2) is 28.5 Å². The van der Waals surface area contributed by atoms with E-state index in [-0.39, 0.29) is 22.8 Å². The minimum Gasteiger partial charge on any atom is -0.495 e. The fraction of sp³-hybridized carbons (Fsp3) is 0.167. The number of aromatic nitrogens is 2. The molecule has 0 fully saturated rings. The second-order valence-electron chi connectivity index (χ2n) is 5.47. The van der Waals surface area contributed by atoms with Crippen LogP contribution in [0, 0.1) is 5.82 Å². The summed E-state index contributed by atoms with van der Waals surface area (Å²) in [6, 6.07) is 10.6. The van der Waals surface area contributed by atoms with E-state index >= 15 is 0 Å². The second kappa shape index (κ2) is 8.41. The fourth-order valence-corrected chi connectivity index (χ4v) is 3.04. The average Bonchev–Trinajstić information content (AvgIpc) is 3.11. The van der Waals surface area contributed by atoms with Crippen LogP contribution in [0.2, 0.25) is 5.02 Å². The number of carbonyl (C=O) groups excluding carboxylic acids is 1. The molecule has 0 spiro atoms. The molecule has 0 saturated heterocycles. The molecule has 0 aliphatic heterocycles. The van der Waals surface area contributed by atoms with Crippen molar-refractivity contribution < 1.29 is 18.3 Å². The minimum absolute atomic E-state index is 0.232. The summed E-state index contributed by atoms with van der Waals surface area (Å²) in [6.07, 6.45) is 0. The van der Waals surface area contributed by atoms with E-state index in [2.05, 4.69) is 15.5 Å². The molecule has 140 valence electrons. The van der Waals surface area contributed by atoms with Gasteiger partial charge in [0, 0.05) is 10.6 Å². The zero-order chi connectivity index (χ0) is 19.4. The van der Waals surface area contributed by atoms with Gasteiger partial charge in [0.25, 0.3) is 5.22 Å². The summed E-state index contributed by atoms with van der Waals surface area (Å²) in [5.41, 5.74) is 1.07. The molecule has 1 aromatic heterocycles. The van der Waals surface area contributed by atoms with Gasteiger partial charge in [-0.15, -0.1) is 10.2 Å². The smallest absolute Gasteiger partial charge is 0.277 e. The highest BCUT2D eigenvalue weighted by molar-refractivity contribution is 8.00. The van der Waals surface area contributed by atoms with Crippen molar-refractivity contribution in [2.75, 3.05) is 12.4 Å². The van der Waals surface area contributed by atoms with Crippen LogP contribution in [0.15, 0.2) is 52.1 Å². The molecule has 0 unspecified atom stereocenters. The van der Waals surface area contributed by atoms with Gasteiger partial charge < -0.3 is 14.5 Å². The van der Waals surface area contributed by atoms with Crippen LogP contribution in [0.25, 0.3) is 11.5 Å². The number of hydrogen-bond acceptors (Lipinski definition) is 6. The summed E-state index contributed by atoms with van der Waals surface area (Å²) in [5, 5.41) is 10.8. The molecule has 0 aliphatic rings. The first-order chi connectivity index (χ1) is 13.0. The lowest BCUT2D eigenvalue weighted by Gasteiger charge is -2.13. The van der Waals surface area contributed by atoms with E-state index in [1.165, 1.54) is 19.2 Å². The normalized spacial score (nSPS) is 11.9. The zero-order valence-electron chi connectivity index (χ0n) is 14.4. The Morgan fingerprint density at radius 3 is 2.70 bits per heavy atom. The molecule has 1 atom stereocenters. The van der Waals surface area contributed by atoms with Gasteiger partial charge >= 0.3 is 0 Å². The number of nitrogens with one attached hydrogen (secondary N) is 1. The number of carbonyl (C=O) groups is 1. The highest BCUT2D eigenvalue weighted by atomic mass is 35.5. The van der Waals surface area contributed by atoms with E-state index in [0.717, 1.165) is 11.8 Å². The van der Waals surface area contributed by atoms with Crippen molar-refractivity contribution in [1.82, 2.24) is 10.2 Å². The van der Waals surface area contributed by atoms with Crippen LogP contribution >= 0.6 is 23.4 Å². The van der Waals surface area contributed by atoms with Crippen LogP contribution < -0.4 is 10.1 Å². The molecular weight excluding hydrogens is 393 g/mol. The molecule has 3 rings (SSSR count). The van der Waals surface area contributed by atoms with Gasteiger partial charge in [-0.25, -0.2) is 4.39 Å². The number of methoxy groups -OCH3 is 1. The minimum atomic E-state index is -0.518. The van der Waals surface area contributed by atoms with Gasteiger partial charge in [0.2, 0.25) is 11.8 Å². The maximum absolute atomic E-state index is 13.0. The number of thioether (sulfide) groups is 1. The molecule has 6 nitrogen and oxygen atoms in total. The van der Waals surface area contributed by atoms with E-state index in [1.807, 2.05) is 0 Å². The van der Waals surface area contributed by atoms with Crippen molar-refractivity contribution in [2.45, 2.75) is 17.4 Å². The van der Waals surface area contributed by atoms with Crippen molar-refractivity contribution in [3.8, 4) is 17.2 Å². The Hall–Kier alpha value is -2.58. The maximum Gasteiger partial charge on any atom is 0.277 e. The average molecular weight is 408 g/mol. The Kier molecular flexibility index (Phi) is 5.98. The predicted molar refractivity (Wildman–Crippen MR) is 102 cm³/mol. The molecule has 0 radical (unpaired) electrons. The molecule has 3 aromatic rings. The zero-order valence-corrected chi connectivity index (χ0v) is 16.0. The van der Waals surface area contributed by atoms with Crippen molar-refractivity contribution in [2.24, 2.45) is 0 Å². The molecule has 1 heterocycles. The first kappa shape index (κ1) is 19.2. The van der Waals surface area contributed by atoms with Crippen molar-refractivity contribution in [1.29, 1.82) is 0 Å².